The number of aromatic nitrogens is 2. The molecular weight excluding hydrogens is 352 g/mol. The Labute approximate surface area is 164 Å². The van der Waals surface area contributed by atoms with Gasteiger partial charge in [-0.2, -0.15) is 5.10 Å². The SMILES string of the molecule is C[C@@H](O)Cn1cc(-c2ccc(NC(=O)N3CCc4ccccc4C3)cc2)cn1. The summed E-state index contributed by atoms with van der Waals surface area (Å²) < 4.78 is 1.73. The highest BCUT2D eigenvalue weighted by Gasteiger charge is 2.20. The Balaban J connectivity index is 1.39. The van der Waals surface area contributed by atoms with Crippen molar-refractivity contribution in [2.75, 3.05) is 11.9 Å². The molecule has 2 heterocycles. The van der Waals surface area contributed by atoms with E-state index in [0.717, 1.165) is 29.8 Å². The molecule has 0 radical (unpaired) electrons. The molecule has 4 rings (SSSR count). The van der Waals surface area contributed by atoms with Crippen LogP contribution in [-0.2, 0) is 19.5 Å². The Bertz CT molecular complexity index is 963. The normalized spacial score (nSPS) is 14.4. The first-order valence-corrected chi connectivity index (χ1v) is 9.52. The largest absolute Gasteiger partial charge is 0.391 e. The third-order valence-corrected chi connectivity index (χ3v) is 4.97. The fourth-order valence-electron chi connectivity index (χ4n) is 3.50. The van der Waals surface area contributed by atoms with Gasteiger partial charge < -0.3 is 15.3 Å². The minimum Gasteiger partial charge on any atom is -0.391 e. The van der Waals surface area contributed by atoms with Gasteiger partial charge in [0, 0.05) is 30.5 Å². The van der Waals surface area contributed by atoms with Crippen LogP contribution in [0.25, 0.3) is 11.1 Å². The van der Waals surface area contributed by atoms with Crippen molar-refractivity contribution >= 4 is 11.7 Å². The predicted molar refractivity (Wildman–Crippen MR) is 109 cm³/mol. The van der Waals surface area contributed by atoms with Crippen LogP contribution in [0.1, 0.15) is 18.1 Å². The van der Waals surface area contributed by atoms with E-state index in [0.29, 0.717) is 13.1 Å². The van der Waals surface area contributed by atoms with Crippen molar-refractivity contribution < 1.29 is 9.90 Å². The Morgan fingerprint density at radius 2 is 1.89 bits per heavy atom. The van der Waals surface area contributed by atoms with Crippen LogP contribution >= 0.6 is 0 Å². The predicted octanol–water partition coefficient (Wildman–Crippen LogP) is 3.52. The molecule has 144 valence electrons. The molecule has 2 aromatic carbocycles. The molecule has 6 heteroatoms. The Morgan fingerprint density at radius 3 is 2.64 bits per heavy atom. The molecule has 28 heavy (non-hydrogen) atoms. The van der Waals surface area contributed by atoms with Crippen LogP contribution < -0.4 is 5.32 Å². The second-order valence-corrected chi connectivity index (χ2v) is 7.25. The van der Waals surface area contributed by atoms with E-state index in [9.17, 15) is 9.90 Å². The van der Waals surface area contributed by atoms with Crippen molar-refractivity contribution in [3.8, 4) is 11.1 Å². The number of aliphatic hydroxyl groups excluding tert-OH is 1. The number of carbonyl (C=O) groups is 1. The summed E-state index contributed by atoms with van der Waals surface area (Å²) >= 11 is 0. The lowest BCUT2D eigenvalue weighted by atomic mass is 10.0. The number of fused-ring (bicyclic) bond motifs is 1. The zero-order valence-electron chi connectivity index (χ0n) is 15.9. The highest BCUT2D eigenvalue weighted by Crippen LogP contribution is 2.22. The Kier molecular flexibility index (Phi) is 5.12. The summed E-state index contributed by atoms with van der Waals surface area (Å²) in [5, 5.41) is 16.7. The number of carbonyl (C=O) groups excluding carboxylic acids is 1. The Hall–Kier alpha value is -3.12. The van der Waals surface area contributed by atoms with Gasteiger partial charge in [0.25, 0.3) is 0 Å². The number of aliphatic hydroxyl groups is 1. The van der Waals surface area contributed by atoms with Crippen molar-refractivity contribution in [2.24, 2.45) is 0 Å². The van der Waals surface area contributed by atoms with Gasteiger partial charge in [0.05, 0.1) is 18.8 Å². The molecule has 1 aliphatic heterocycles. The molecule has 0 bridgehead atoms. The van der Waals surface area contributed by atoms with E-state index >= 15 is 0 Å². The molecule has 1 atom stereocenters. The van der Waals surface area contributed by atoms with E-state index < -0.39 is 6.10 Å². The monoisotopic (exact) mass is 376 g/mol. The summed E-state index contributed by atoms with van der Waals surface area (Å²) in [5.74, 6) is 0. The second kappa shape index (κ2) is 7.86. The van der Waals surface area contributed by atoms with Crippen LogP contribution in [0.4, 0.5) is 10.5 Å². The molecule has 0 unspecified atom stereocenters. The molecule has 0 saturated carbocycles. The number of anilines is 1. The average Bonchev–Trinajstić information content (AvgIpc) is 3.16. The number of urea groups is 1. The van der Waals surface area contributed by atoms with Crippen molar-refractivity contribution in [2.45, 2.75) is 32.5 Å². The number of nitrogens with one attached hydrogen (secondary N) is 1. The lowest BCUT2D eigenvalue weighted by Gasteiger charge is -2.29. The summed E-state index contributed by atoms with van der Waals surface area (Å²) in [6.07, 6.45) is 4.14. The zero-order chi connectivity index (χ0) is 19.5. The lowest BCUT2D eigenvalue weighted by molar-refractivity contribution is 0.168. The second-order valence-electron chi connectivity index (χ2n) is 7.25. The first-order chi connectivity index (χ1) is 13.6. The van der Waals surface area contributed by atoms with Gasteiger partial charge in [0.1, 0.15) is 0 Å². The van der Waals surface area contributed by atoms with E-state index in [1.165, 1.54) is 11.1 Å². The highest BCUT2D eigenvalue weighted by molar-refractivity contribution is 5.89. The number of hydrogen-bond donors (Lipinski definition) is 2. The van der Waals surface area contributed by atoms with Gasteiger partial charge in [0.2, 0.25) is 0 Å². The molecule has 3 aromatic rings. The first-order valence-electron chi connectivity index (χ1n) is 9.52. The van der Waals surface area contributed by atoms with Gasteiger partial charge >= 0.3 is 6.03 Å². The van der Waals surface area contributed by atoms with Crippen molar-refractivity contribution in [3.63, 3.8) is 0 Å². The molecule has 2 N–H and O–H groups in total. The van der Waals surface area contributed by atoms with Gasteiger partial charge in [-0.05, 0) is 42.2 Å². The van der Waals surface area contributed by atoms with Crippen molar-refractivity contribution in [3.05, 3.63) is 72.1 Å². The van der Waals surface area contributed by atoms with E-state index in [1.807, 2.05) is 47.5 Å². The van der Waals surface area contributed by atoms with Gasteiger partial charge in [-0.3, -0.25) is 4.68 Å². The van der Waals surface area contributed by atoms with Crippen LogP contribution in [0.2, 0.25) is 0 Å². The average molecular weight is 376 g/mol. The fraction of sp³-hybridized carbons (Fsp3) is 0.273. The molecule has 6 nitrogen and oxygen atoms in total. The minimum atomic E-state index is -0.438. The van der Waals surface area contributed by atoms with Gasteiger partial charge in [-0.25, -0.2) is 4.79 Å². The van der Waals surface area contributed by atoms with Gasteiger partial charge in [-0.1, -0.05) is 36.4 Å². The standard InChI is InChI=1S/C22H24N4O2/c1-16(27)13-26-15-20(12-23-26)18-6-8-21(9-7-18)24-22(28)25-11-10-17-4-2-3-5-19(17)14-25/h2-9,12,15-16,27H,10-11,13-14H2,1H3,(H,24,28)/t16-/m1/s1. The number of hydrogen-bond acceptors (Lipinski definition) is 3. The van der Waals surface area contributed by atoms with E-state index in [4.69, 9.17) is 0 Å². The molecular formula is C22H24N4O2. The van der Waals surface area contributed by atoms with Gasteiger partial charge in [-0.15, -0.1) is 0 Å². The summed E-state index contributed by atoms with van der Waals surface area (Å²) in [6, 6.07) is 15.9. The quantitative estimate of drug-likeness (QED) is 0.732. The molecule has 0 saturated heterocycles. The maximum Gasteiger partial charge on any atom is 0.322 e. The number of amides is 2. The molecule has 2 amide bonds. The molecule has 0 fully saturated rings. The third kappa shape index (κ3) is 4.07. The number of rotatable bonds is 4. The van der Waals surface area contributed by atoms with E-state index in [-0.39, 0.29) is 6.03 Å². The maximum atomic E-state index is 12.6. The topological polar surface area (TPSA) is 70.4 Å². The summed E-state index contributed by atoms with van der Waals surface area (Å²) in [4.78, 5) is 14.5. The minimum absolute atomic E-state index is 0.0768. The number of benzene rings is 2. The Morgan fingerprint density at radius 1 is 1.14 bits per heavy atom. The van der Waals surface area contributed by atoms with E-state index in [2.05, 4.69) is 22.5 Å². The molecule has 0 spiro atoms. The van der Waals surface area contributed by atoms with Crippen LogP contribution in [0, 0.1) is 0 Å². The summed E-state index contributed by atoms with van der Waals surface area (Å²) in [7, 11) is 0. The zero-order valence-corrected chi connectivity index (χ0v) is 15.9. The molecule has 1 aliphatic rings. The van der Waals surface area contributed by atoms with Crippen LogP contribution in [0.3, 0.4) is 0 Å². The van der Waals surface area contributed by atoms with Crippen LogP contribution in [0.5, 0.6) is 0 Å². The van der Waals surface area contributed by atoms with E-state index in [1.54, 1.807) is 17.8 Å². The third-order valence-electron chi connectivity index (χ3n) is 4.97. The van der Waals surface area contributed by atoms with Crippen LogP contribution in [-0.4, -0.2) is 38.5 Å². The maximum absolute atomic E-state index is 12.6. The number of nitrogens with zero attached hydrogens (tertiary/aromatic N) is 3. The molecule has 1 aromatic heterocycles. The van der Waals surface area contributed by atoms with Crippen LogP contribution in [0.15, 0.2) is 60.9 Å². The van der Waals surface area contributed by atoms with Crippen molar-refractivity contribution in [1.82, 2.24) is 14.7 Å². The highest BCUT2D eigenvalue weighted by atomic mass is 16.3. The van der Waals surface area contributed by atoms with Gasteiger partial charge in [0.15, 0.2) is 0 Å². The van der Waals surface area contributed by atoms with Crippen molar-refractivity contribution in [1.29, 1.82) is 0 Å². The smallest absolute Gasteiger partial charge is 0.322 e. The summed E-state index contributed by atoms with van der Waals surface area (Å²) in [6.45, 7) is 3.57. The summed E-state index contributed by atoms with van der Waals surface area (Å²) in [5.41, 5.74) is 5.30. The lowest BCUT2D eigenvalue weighted by Crippen LogP contribution is -2.38. The molecule has 0 aliphatic carbocycles. The first kappa shape index (κ1) is 18.3. The fourth-order valence-corrected chi connectivity index (χ4v) is 3.50.